The van der Waals surface area contributed by atoms with Crippen LogP contribution >= 0.6 is 0 Å². The molecule has 1 rings (SSSR count). The summed E-state index contributed by atoms with van der Waals surface area (Å²) in [5, 5.41) is 3.56. The fourth-order valence-electron chi connectivity index (χ4n) is 1.81. The molecular formula is C11H24N2. The lowest BCUT2D eigenvalue weighted by Crippen LogP contribution is -2.35. The molecule has 1 unspecified atom stereocenters. The second-order valence-corrected chi connectivity index (χ2v) is 4.09. The summed E-state index contributed by atoms with van der Waals surface area (Å²) in [5.41, 5.74) is 0. The van der Waals surface area contributed by atoms with E-state index < -0.39 is 0 Å². The maximum absolute atomic E-state index is 3.56. The first kappa shape index (κ1) is 11.0. The molecule has 1 atom stereocenters. The normalized spacial score (nSPS) is 19.4. The van der Waals surface area contributed by atoms with Gasteiger partial charge in [0.25, 0.3) is 0 Å². The van der Waals surface area contributed by atoms with Crippen molar-refractivity contribution in [3.8, 4) is 0 Å². The minimum absolute atomic E-state index is 0.737. The van der Waals surface area contributed by atoms with Crippen LogP contribution in [0.2, 0.25) is 0 Å². The van der Waals surface area contributed by atoms with Gasteiger partial charge < -0.3 is 10.2 Å². The standard InChI is InChI=1S/C11H24N2/c1-4-13(5-2)10(3)8-9-12-11-6-7-11/h10-12H,4-9H2,1-3H3. The summed E-state index contributed by atoms with van der Waals surface area (Å²) in [5.74, 6) is 0. The van der Waals surface area contributed by atoms with Gasteiger partial charge in [0.05, 0.1) is 0 Å². The van der Waals surface area contributed by atoms with Gasteiger partial charge in [0, 0.05) is 12.1 Å². The highest BCUT2D eigenvalue weighted by atomic mass is 15.1. The summed E-state index contributed by atoms with van der Waals surface area (Å²) < 4.78 is 0. The molecule has 0 aliphatic heterocycles. The molecule has 1 aliphatic rings. The molecule has 0 aromatic carbocycles. The Labute approximate surface area is 82.7 Å². The topological polar surface area (TPSA) is 15.3 Å². The number of hydrogen-bond donors (Lipinski definition) is 1. The number of nitrogens with zero attached hydrogens (tertiary/aromatic N) is 1. The quantitative estimate of drug-likeness (QED) is 0.649. The van der Waals surface area contributed by atoms with Gasteiger partial charge in [-0.3, -0.25) is 0 Å². The van der Waals surface area contributed by atoms with Crippen molar-refractivity contribution < 1.29 is 0 Å². The Balaban J connectivity index is 2.03. The van der Waals surface area contributed by atoms with E-state index in [0.717, 1.165) is 12.1 Å². The van der Waals surface area contributed by atoms with Crippen LogP contribution in [0, 0.1) is 0 Å². The zero-order valence-electron chi connectivity index (χ0n) is 9.34. The molecular weight excluding hydrogens is 160 g/mol. The molecule has 0 radical (unpaired) electrons. The van der Waals surface area contributed by atoms with Gasteiger partial charge in [-0.25, -0.2) is 0 Å². The Kier molecular flexibility index (Phi) is 4.74. The van der Waals surface area contributed by atoms with Crippen molar-refractivity contribution in [3.63, 3.8) is 0 Å². The predicted molar refractivity (Wildman–Crippen MR) is 58.0 cm³/mol. The first-order chi connectivity index (χ1) is 6.27. The van der Waals surface area contributed by atoms with Gasteiger partial charge in [-0.2, -0.15) is 0 Å². The largest absolute Gasteiger partial charge is 0.314 e. The van der Waals surface area contributed by atoms with Crippen LogP contribution in [-0.4, -0.2) is 36.6 Å². The Morgan fingerprint density at radius 3 is 2.38 bits per heavy atom. The third-order valence-corrected chi connectivity index (χ3v) is 3.01. The molecule has 1 N–H and O–H groups in total. The molecule has 0 bridgehead atoms. The van der Waals surface area contributed by atoms with Gasteiger partial charge in [-0.05, 0) is 45.8 Å². The van der Waals surface area contributed by atoms with Crippen LogP contribution < -0.4 is 5.32 Å². The molecule has 0 aromatic rings. The van der Waals surface area contributed by atoms with E-state index in [9.17, 15) is 0 Å². The molecule has 1 fully saturated rings. The maximum Gasteiger partial charge on any atom is 0.00787 e. The molecule has 0 aromatic heterocycles. The molecule has 1 saturated carbocycles. The first-order valence-electron chi connectivity index (χ1n) is 5.75. The van der Waals surface area contributed by atoms with E-state index in [-0.39, 0.29) is 0 Å². The lowest BCUT2D eigenvalue weighted by molar-refractivity contribution is 0.220. The van der Waals surface area contributed by atoms with Crippen molar-refractivity contribution in [2.24, 2.45) is 0 Å². The van der Waals surface area contributed by atoms with Crippen molar-refractivity contribution in [1.82, 2.24) is 10.2 Å². The summed E-state index contributed by atoms with van der Waals surface area (Å²) in [7, 11) is 0. The van der Waals surface area contributed by atoms with Gasteiger partial charge in [0.1, 0.15) is 0 Å². The third-order valence-electron chi connectivity index (χ3n) is 3.01. The van der Waals surface area contributed by atoms with Crippen LogP contribution in [0.15, 0.2) is 0 Å². The molecule has 0 amide bonds. The van der Waals surface area contributed by atoms with Crippen LogP contribution in [0.25, 0.3) is 0 Å². The number of nitrogens with one attached hydrogen (secondary N) is 1. The van der Waals surface area contributed by atoms with Crippen molar-refractivity contribution in [2.45, 2.75) is 52.1 Å². The first-order valence-corrected chi connectivity index (χ1v) is 5.75. The lowest BCUT2D eigenvalue weighted by atomic mass is 10.2. The van der Waals surface area contributed by atoms with E-state index in [1.54, 1.807) is 0 Å². The Hall–Kier alpha value is -0.0800. The zero-order chi connectivity index (χ0) is 9.68. The molecule has 1 aliphatic carbocycles. The fourth-order valence-corrected chi connectivity index (χ4v) is 1.81. The SMILES string of the molecule is CCN(CC)C(C)CCNC1CC1. The minimum atomic E-state index is 0.737. The maximum atomic E-state index is 3.56. The molecule has 78 valence electrons. The van der Waals surface area contributed by atoms with Gasteiger partial charge in [-0.1, -0.05) is 13.8 Å². The number of rotatable bonds is 7. The average molecular weight is 184 g/mol. The van der Waals surface area contributed by atoms with E-state index in [0.29, 0.717) is 0 Å². The van der Waals surface area contributed by atoms with Crippen molar-refractivity contribution in [3.05, 3.63) is 0 Å². The summed E-state index contributed by atoms with van der Waals surface area (Å²) >= 11 is 0. The van der Waals surface area contributed by atoms with Gasteiger partial charge in [0.2, 0.25) is 0 Å². The van der Waals surface area contributed by atoms with Crippen LogP contribution in [0.3, 0.4) is 0 Å². The Morgan fingerprint density at radius 1 is 1.31 bits per heavy atom. The Morgan fingerprint density at radius 2 is 1.92 bits per heavy atom. The fraction of sp³-hybridized carbons (Fsp3) is 1.00. The highest BCUT2D eigenvalue weighted by Gasteiger charge is 2.20. The monoisotopic (exact) mass is 184 g/mol. The van der Waals surface area contributed by atoms with Crippen LogP contribution in [0.4, 0.5) is 0 Å². The zero-order valence-corrected chi connectivity index (χ0v) is 9.34. The van der Waals surface area contributed by atoms with Crippen molar-refractivity contribution >= 4 is 0 Å². The molecule has 2 heteroatoms. The van der Waals surface area contributed by atoms with E-state index >= 15 is 0 Å². The highest BCUT2D eigenvalue weighted by molar-refractivity contribution is 4.81. The summed E-state index contributed by atoms with van der Waals surface area (Å²) in [6, 6.07) is 1.60. The van der Waals surface area contributed by atoms with Crippen LogP contribution in [0.5, 0.6) is 0 Å². The van der Waals surface area contributed by atoms with Crippen molar-refractivity contribution in [2.75, 3.05) is 19.6 Å². The lowest BCUT2D eigenvalue weighted by Gasteiger charge is -2.26. The highest BCUT2D eigenvalue weighted by Crippen LogP contribution is 2.18. The van der Waals surface area contributed by atoms with Gasteiger partial charge >= 0.3 is 0 Å². The van der Waals surface area contributed by atoms with E-state index in [2.05, 4.69) is 31.0 Å². The van der Waals surface area contributed by atoms with E-state index in [1.165, 1.54) is 38.9 Å². The summed E-state index contributed by atoms with van der Waals surface area (Å²) in [6.45, 7) is 10.4. The smallest absolute Gasteiger partial charge is 0.00787 e. The average Bonchev–Trinajstić information content (AvgIpc) is 2.90. The Bertz CT molecular complexity index is 128. The minimum Gasteiger partial charge on any atom is -0.314 e. The summed E-state index contributed by atoms with van der Waals surface area (Å²) in [4.78, 5) is 2.52. The van der Waals surface area contributed by atoms with Crippen LogP contribution in [-0.2, 0) is 0 Å². The second kappa shape index (κ2) is 5.61. The van der Waals surface area contributed by atoms with E-state index in [1.807, 2.05) is 0 Å². The van der Waals surface area contributed by atoms with Crippen molar-refractivity contribution in [1.29, 1.82) is 0 Å². The molecule has 0 heterocycles. The van der Waals surface area contributed by atoms with E-state index in [4.69, 9.17) is 0 Å². The molecule has 13 heavy (non-hydrogen) atoms. The predicted octanol–water partition coefficient (Wildman–Crippen LogP) is 1.86. The molecule has 0 spiro atoms. The summed E-state index contributed by atoms with van der Waals surface area (Å²) in [6.07, 6.45) is 4.09. The van der Waals surface area contributed by atoms with Gasteiger partial charge in [0.15, 0.2) is 0 Å². The van der Waals surface area contributed by atoms with Crippen LogP contribution in [0.1, 0.15) is 40.0 Å². The molecule has 2 nitrogen and oxygen atoms in total. The number of hydrogen-bond acceptors (Lipinski definition) is 2. The molecule has 0 saturated heterocycles. The second-order valence-electron chi connectivity index (χ2n) is 4.09. The van der Waals surface area contributed by atoms with Gasteiger partial charge in [-0.15, -0.1) is 0 Å². The third kappa shape index (κ3) is 4.10.